The lowest BCUT2D eigenvalue weighted by Crippen LogP contribution is -2.62. The summed E-state index contributed by atoms with van der Waals surface area (Å²) in [4.78, 5) is 27.7. The summed E-state index contributed by atoms with van der Waals surface area (Å²) in [5.74, 6) is -1.28. The fourth-order valence-corrected chi connectivity index (χ4v) is 4.30. The van der Waals surface area contributed by atoms with Crippen LogP contribution in [0.1, 0.15) is 58.4 Å². The number of nitrogens with one attached hydrogen (secondary N) is 1. The highest BCUT2D eigenvalue weighted by molar-refractivity contribution is 5.91. The number of amides is 2. The van der Waals surface area contributed by atoms with Crippen LogP contribution >= 0.6 is 0 Å². The smallest absolute Gasteiger partial charge is 0.243 e. The van der Waals surface area contributed by atoms with Crippen molar-refractivity contribution in [2.45, 2.75) is 65.0 Å². The Bertz CT molecular complexity index is 750. The maximum Gasteiger partial charge on any atom is 0.243 e. The lowest BCUT2D eigenvalue weighted by molar-refractivity contribution is -0.146. The van der Waals surface area contributed by atoms with Gasteiger partial charge in [-0.05, 0) is 48.6 Å². The van der Waals surface area contributed by atoms with Gasteiger partial charge in [-0.2, -0.15) is 0 Å². The maximum atomic E-state index is 14.1. The molecule has 28 heavy (non-hydrogen) atoms. The van der Waals surface area contributed by atoms with E-state index in [1.54, 1.807) is 4.90 Å². The van der Waals surface area contributed by atoms with Crippen LogP contribution in [0, 0.1) is 29.4 Å². The molecule has 0 spiro atoms. The molecule has 4 nitrogen and oxygen atoms in total. The number of piperazine rings is 1. The first-order valence-electron chi connectivity index (χ1n) is 10.2. The number of rotatable bonds is 6. The van der Waals surface area contributed by atoms with E-state index >= 15 is 0 Å². The first kappa shape index (κ1) is 20.7. The van der Waals surface area contributed by atoms with Crippen LogP contribution in [0.25, 0.3) is 0 Å². The third kappa shape index (κ3) is 4.53. The van der Waals surface area contributed by atoms with E-state index in [2.05, 4.69) is 19.2 Å². The van der Waals surface area contributed by atoms with Crippen LogP contribution in [0.2, 0.25) is 0 Å². The molecule has 1 saturated carbocycles. The fourth-order valence-electron chi connectivity index (χ4n) is 4.30. The molecule has 1 aromatic carbocycles. The predicted octanol–water partition coefficient (Wildman–Crippen LogP) is 3.86. The topological polar surface area (TPSA) is 49.4 Å². The second kappa shape index (κ2) is 8.18. The van der Waals surface area contributed by atoms with Gasteiger partial charge in [0.15, 0.2) is 0 Å². The van der Waals surface area contributed by atoms with Crippen molar-refractivity contribution in [2.24, 2.45) is 17.8 Å². The van der Waals surface area contributed by atoms with Crippen LogP contribution < -0.4 is 5.32 Å². The lowest BCUT2D eigenvalue weighted by atomic mass is 9.94. The van der Waals surface area contributed by atoms with E-state index < -0.39 is 17.7 Å². The van der Waals surface area contributed by atoms with Gasteiger partial charge >= 0.3 is 0 Å². The zero-order valence-corrected chi connectivity index (χ0v) is 17.0. The summed E-state index contributed by atoms with van der Waals surface area (Å²) in [6.45, 7) is 8.74. The minimum atomic E-state index is -0.619. The van der Waals surface area contributed by atoms with E-state index in [1.165, 1.54) is 12.1 Å². The molecule has 4 atom stereocenters. The van der Waals surface area contributed by atoms with E-state index in [0.29, 0.717) is 30.9 Å². The Morgan fingerprint density at radius 1 is 1.18 bits per heavy atom. The number of hydrogen-bond donors (Lipinski definition) is 1. The average molecular weight is 392 g/mol. The second-order valence-corrected chi connectivity index (χ2v) is 9.09. The average Bonchev–Trinajstić information content (AvgIpc) is 3.36. The van der Waals surface area contributed by atoms with Crippen molar-refractivity contribution in [3.63, 3.8) is 0 Å². The first-order valence-corrected chi connectivity index (χ1v) is 10.2. The highest BCUT2D eigenvalue weighted by Gasteiger charge is 2.50. The Morgan fingerprint density at radius 2 is 1.86 bits per heavy atom. The standard InChI is InChI=1S/C22H30F2N2O2/c1-12(2)7-15-11-26(20(8-13(3)4)21(27)25-15)22(28)18-10-17(18)16-6-5-14(23)9-19(16)24/h5-6,9,12-13,15,17-18,20H,7-8,10-11H2,1-4H3,(H,25,27)/t15-,17-,18+,20-/m0/s1. The quantitative estimate of drug-likeness (QED) is 0.799. The van der Waals surface area contributed by atoms with E-state index in [0.717, 1.165) is 12.5 Å². The van der Waals surface area contributed by atoms with Gasteiger partial charge in [-0.25, -0.2) is 8.78 Å². The van der Waals surface area contributed by atoms with Crippen molar-refractivity contribution >= 4 is 11.8 Å². The number of carbonyl (C=O) groups is 2. The zero-order valence-electron chi connectivity index (χ0n) is 17.0. The summed E-state index contributed by atoms with van der Waals surface area (Å²) in [7, 11) is 0. The highest BCUT2D eigenvalue weighted by Crippen LogP contribution is 2.49. The van der Waals surface area contributed by atoms with Crippen LogP contribution in [-0.2, 0) is 9.59 Å². The van der Waals surface area contributed by atoms with Crippen molar-refractivity contribution in [3.05, 3.63) is 35.4 Å². The lowest BCUT2D eigenvalue weighted by Gasteiger charge is -2.41. The Morgan fingerprint density at radius 3 is 2.46 bits per heavy atom. The largest absolute Gasteiger partial charge is 0.350 e. The molecule has 1 aliphatic heterocycles. The SMILES string of the molecule is CC(C)C[C@H]1CN(C(=O)[C@@H]2C[C@H]2c2ccc(F)cc2F)[C@@H](CC(C)C)C(=O)N1. The number of nitrogens with zero attached hydrogens (tertiary/aromatic N) is 1. The van der Waals surface area contributed by atoms with Gasteiger partial charge in [0.2, 0.25) is 11.8 Å². The van der Waals surface area contributed by atoms with Crippen LogP contribution in [-0.4, -0.2) is 35.3 Å². The molecule has 1 saturated heterocycles. The van der Waals surface area contributed by atoms with Gasteiger partial charge in [0.1, 0.15) is 17.7 Å². The molecule has 0 bridgehead atoms. The van der Waals surface area contributed by atoms with Crippen molar-refractivity contribution in [1.82, 2.24) is 10.2 Å². The van der Waals surface area contributed by atoms with Gasteiger partial charge in [0.25, 0.3) is 0 Å². The second-order valence-electron chi connectivity index (χ2n) is 9.09. The minimum Gasteiger partial charge on any atom is -0.350 e. The van der Waals surface area contributed by atoms with Crippen LogP contribution in [0.4, 0.5) is 8.78 Å². The Balaban J connectivity index is 1.77. The molecular weight excluding hydrogens is 362 g/mol. The Kier molecular flexibility index (Phi) is 6.06. The summed E-state index contributed by atoms with van der Waals surface area (Å²) in [5, 5.41) is 3.07. The third-order valence-corrected chi connectivity index (χ3v) is 5.65. The van der Waals surface area contributed by atoms with Gasteiger partial charge < -0.3 is 10.2 Å². The molecule has 2 aliphatic rings. The summed E-state index contributed by atoms with van der Waals surface area (Å²) in [6.07, 6.45) is 1.96. The summed E-state index contributed by atoms with van der Waals surface area (Å²) < 4.78 is 27.3. The van der Waals surface area contributed by atoms with Gasteiger partial charge in [0.05, 0.1) is 0 Å². The Hall–Kier alpha value is -1.98. The molecule has 2 fully saturated rings. The maximum absolute atomic E-state index is 14.1. The van der Waals surface area contributed by atoms with Crippen molar-refractivity contribution in [3.8, 4) is 0 Å². The molecule has 1 N–H and O–H groups in total. The molecule has 3 rings (SSSR count). The molecule has 1 heterocycles. The Labute approximate surface area is 165 Å². The van der Waals surface area contributed by atoms with Gasteiger partial charge in [-0.3, -0.25) is 9.59 Å². The van der Waals surface area contributed by atoms with E-state index in [4.69, 9.17) is 0 Å². The molecule has 1 aromatic rings. The fraction of sp³-hybridized carbons (Fsp3) is 0.636. The normalized spacial score (nSPS) is 27.3. The number of halogens is 2. The highest BCUT2D eigenvalue weighted by atomic mass is 19.1. The molecule has 154 valence electrons. The summed E-state index contributed by atoms with van der Waals surface area (Å²) in [6, 6.07) is 2.99. The van der Waals surface area contributed by atoms with Crippen molar-refractivity contribution in [1.29, 1.82) is 0 Å². The number of hydrogen-bond acceptors (Lipinski definition) is 2. The molecular formula is C22H30F2N2O2. The molecule has 0 unspecified atom stereocenters. The summed E-state index contributed by atoms with van der Waals surface area (Å²) >= 11 is 0. The zero-order chi connectivity index (χ0) is 20.6. The van der Waals surface area contributed by atoms with Gasteiger partial charge in [-0.15, -0.1) is 0 Å². The van der Waals surface area contributed by atoms with Crippen LogP contribution in [0.15, 0.2) is 18.2 Å². The molecule has 1 aliphatic carbocycles. The predicted molar refractivity (Wildman–Crippen MR) is 104 cm³/mol. The van der Waals surface area contributed by atoms with Crippen molar-refractivity contribution in [2.75, 3.05) is 6.54 Å². The van der Waals surface area contributed by atoms with Crippen LogP contribution in [0.3, 0.4) is 0 Å². The minimum absolute atomic E-state index is 0.0559. The molecule has 0 aromatic heterocycles. The van der Waals surface area contributed by atoms with Gasteiger partial charge in [-0.1, -0.05) is 33.8 Å². The number of carbonyl (C=O) groups excluding carboxylic acids is 2. The molecule has 0 radical (unpaired) electrons. The monoisotopic (exact) mass is 392 g/mol. The molecule has 2 amide bonds. The summed E-state index contributed by atoms with van der Waals surface area (Å²) in [5.41, 5.74) is 0.389. The van der Waals surface area contributed by atoms with E-state index in [1.807, 2.05) is 13.8 Å². The molecule has 6 heteroatoms. The van der Waals surface area contributed by atoms with E-state index in [9.17, 15) is 18.4 Å². The van der Waals surface area contributed by atoms with Gasteiger partial charge in [0, 0.05) is 24.6 Å². The van der Waals surface area contributed by atoms with E-state index in [-0.39, 0.29) is 35.6 Å². The van der Waals surface area contributed by atoms with Crippen molar-refractivity contribution < 1.29 is 18.4 Å². The number of benzene rings is 1. The third-order valence-electron chi connectivity index (χ3n) is 5.65. The van der Waals surface area contributed by atoms with Crippen LogP contribution in [0.5, 0.6) is 0 Å². The first-order chi connectivity index (χ1) is 13.2.